The molecular weight excluding hydrogens is 304 g/mol. The van der Waals surface area contributed by atoms with Crippen molar-refractivity contribution in [2.45, 2.75) is 97.4 Å². The highest BCUT2D eigenvalue weighted by molar-refractivity contribution is 5.83. The number of hydrogen-bond acceptors (Lipinski definition) is 4. The Labute approximate surface area is 147 Å². The predicted octanol–water partition coefficient (Wildman–Crippen LogP) is 3.69. The van der Waals surface area contributed by atoms with Crippen LogP contribution < -0.4 is 0 Å². The van der Waals surface area contributed by atoms with Gasteiger partial charge in [0.1, 0.15) is 6.10 Å². The molecule has 0 rings (SSSR count). The Morgan fingerprint density at radius 1 is 0.917 bits per heavy atom. The standard InChI is InChI=1S/C20H36O4/c1-15(2)9-7-11-19(5,23)13-17(21)18(22)14-20(6,24)12-8-10-16(3)4/h9-10,17,21,23-24H,7-8,11-14H2,1-6H3. The zero-order chi connectivity index (χ0) is 19.0. The van der Waals surface area contributed by atoms with Crippen LogP contribution in [0.25, 0.3) is 0 Å². The van der Waals surface area contributed by atoms with Crippen LogP contribution in [0.1, 0.15) is 80.1 Å². The summed E-state index contributed by atoms with van der Waals surface area (Å²) in [6.07, 6.45) is 5.03. The van der Waals surface area contributed by atoms with E-state index in [9.17, 15) is 20.1 Å². The van der Waals surface area contributed by atoms with Gasteiger partial charge < -0.3 is 15.3 Å². The first-order chi connectivity index (χ1) is 10.8. The Hall–Kier alpha value is -0.970. The van der Waals surface area contributed by atoms with Gasteiger partial charge >= 0.3 is 0 Å². The van der Waals surface area contributed by atoms with Gasteiger partial charge in [-0.25, -0.2) is 0 Å². The summed E-state index contributed by atoms with van der Waals surface area (Å²) in [6, 6.07) is 0. The highest BCUT2D eigenvalue weighted by Gasteiger charge is 2.31. The third-order valence-corrected chi connectivity index (χ3v) is 4.03. The van der Waals surface area contributed by atoms with Gasteiger partial charge in [-0.2, -0.15) is 0 Å². The molecule has 0 aromatic carbocycles. The van der Waals surface area contributed by atoms with E-state index >= 15 is 0 Å². The van der Waals surface area contributed by atoms with Gasteiger partial charge in [0.05, 0.1) is 11.2 Å². The highest BCUT2D eigenvalue weighted by atomic mass is 16.3. The van der Waals surface area contributed by atoms with Crippen molar-refractivity contribution in [3.8, 4) is 0 Å². The van der Waals surface area contributed by atoms with Crippen LogP contribution in [0.4, 0.5) is 0 Å². The second-order valence-corrected chi connectivity index (χ2v) is 8.00. The molecule has 0 aliphatic rings. The maximum absolute atomic E-state index is 12.2. The Bertz CT molecular complexity index is 450. The fourth-order valence-electron chi connectivity index (χ4n) is 2.56. The molecule has 0 aromatic heterocycles. The summed E-state index contributed by atoms with van der Waals surface area (Å²) in [4.78, 5) is 12.2. The monoisotopic (exact) mass is 340 g/mol. The first-order valence-corrected chi connectivity index (χ1v) is 8.77. The Morgan fingerprint density at radius 3 is 1.75 bits per heavy atom. The first-order valence-electron chi connectivity index (χ1n) is 8.77. The van der Waals surface area contributed by atoms with Crippen LogP contribution in [0, 0.1) is 0 Å². The molecule has 0 saturated heterocycles. The summed E-state index contributed by atoms with van der Waals surface area (Å²) < 4.78 is 0. The van der Waals surface area contributed by atoms with Gasteiger partial charge in [-0.1, -0.05) is 23.3 Å². The van der Waals surface area contributed by atoms with Gasteiger partial charge in [0.25, 0.3) is 0 Å². The van der Waals surface area contributed by atoms with E-state index in [2.05, 4.69) is 0 Å². The normalized spacial score (nSPS) is 17.4. The van der Waals surface area contributed by atoms with Crippen LogP contribution >= 0.6 is 0 Å². The summed E-state index contributed by atoms with van der Waals surface area (Å²) in [5.41, 5.74) is 0.103. The lowest BCUT2D eigenvalue weighted by Crippen LogP contribution is -2.38. The number of ketones is 1. The molecule has 0 aromatic rings. The molecule has 0 aliphatic carbocycles. The largest absolute Gasteiger partial charge is 0.390 e. The van der Waals surface area contributed by atoms with Crippen molar-refractivity contribution in [3.05, 3.63) is 23.3 Å². The second kappa shape index (κ2) is 10.1. The number of Topliss-reactive ketones (excluding diaryl/α,β-unsaturated/α-hetero) is 1. The molecule has 24 heavy (non-hydrogen) atoms. The van der Waals surface area contributed by atoms with E-state index in [1.165, 1.54) is 11.1 Å². The van der Waals surface area contributed by atoms with Crippen LogP contribution in [-0.2, 0) is 4.79 Å². The van der Waals surface area contributed by atoms with E-state index in [1.807, 2.05) is 39.8 Å². The number of hydrogen-bond donors (Lipinski definition) is 3. The molecule has 140 valence electrons. The van der Waals surface area contributed by atoms with Crippen molar-refractivity contribution in [2.75, 3.05) is 0 Å². The molecule has 0 bridgehead atoms. The Kier molecular flexibility index (Phi) is 9.71. The minimum Gasteiger partial charge on any atom is -0.390 e. The van der Waals surface area contributed by atoms with Crippen molar-refractivity contribution in [3.63, 3.8) is 0 Å². The van der Waals surface area contributed by atoms with E-state index in [1.54, 1.807) is 13.8 Å². The van der Waals surface area contributed by atoms with Crippen molar-refractivity contribution >= 4 is 5.78 Å². The zero-order valence-electron chi connectivity index (χ0n) is 16.2. The van der Waals surface area contributed by atoms with Crippen molar-refractivity contribution in [2.24, 2.45) is 0 Å². The topological polar surface area (TPSA) is 77.8 Å². The van der Waals surface area contributed by atoms with Gasteiger partial charge in [-0.15, -0.1) is 0 Å². The number of carbonyl (C=O) groups is 1. The van der Waals surface area contributed by atoms with Crippen molar-refractivity contribution < 1.29 is 20.1 Å². The van der Waals surface area contributed by atoms with E-state index in [4.69, 9.17) is 0 Å². The minimum atomic E-state index is -1.25. The maximum Gasteiger partial charge on any atom is 0.164 e. The summed E-state index contributed by atoms with van der Waals surface area (Å²) in [5, 5.41) is 30.7. The molecule has 0 aliphatic heterocycles. The van der Waals surface area contributed by atoms with Crippen LogP contribution in [0.2, 0.25) is 0 Å². The van der Waals surface area contributed by atoms with E-state index in [0.717, 1.165) is 0 Å². The molecule has 0 saturated carbocycles. The minimum absolute atomic E-state index is 0.00745. The number of aliphatic hydroxyl groups is 3. The predicted molar refractivity (Wildman–Crippen MR) is 98.8 cm³/mol. The van der Waals surface area contributed by atoms with Gasteiger partial charge in [0, 0.05) is 12.8 Å². The summed E-state index contributed by atoms with van der Waals surface area (Å²) in [6.45, 7) is 11.2. The number of aliphatic hydroxyl groups excluding tert-OH is 1. The zero-order valence-corrected chi connectivity index (χ0v) is 16.2. The lowest BCUT2D eigenvalue weighted by atomic mass is 9.87. The lowest BCUT2D eigenvalue weighted by molar-refractivity contribution is -0.135. The molecule has 0 amide bonds. The van der Waals surface area contributed by atoms with Crippen molar-refractivity contribution in [1.82, 2.24) is 0 Å². The molecule has 0 fully saturated rings. The summed E-state index contributed by atoms with van der Waals surface area (Å²) in [7, 11) is 0. The molecule has 3 N–H and O–H groups in total. The average Bonchev–Trinajstić information content (AvgIpc) is 2.35. The van der Waals surface area contributed by atoms with Crippen LogP contribution in [-0.4, -0.2) is 38.4 Å². The molecule has 0 radical (unpaired) electrons. The number of carbonyl (C=O) groups excluding carboxylic acids is 1. The molecule has 4 nitrogen and oxygen atoms in total. The number of allylic oxidation sites excluding steroid dienone is 4. The lowest BCUT2D eigenvalue weighted by Gasteiger charge is -2.27. The summed E-state index contributed by atoms with van der Waals surface area (Å²) >= 11 is 0. The molecule has 0 spiro atoms. The molecule has 4 heteroatoms. The second-order valence-electron chi connectivity index (χ2n) is 8.00. The maximum atomic E-state index is 12.2. The smallest absolute Gasteiger partial charge is 0.164 e. The fourth-order valence-corrected chi connectivity index (χ4v) is 2.56. The molecular formula is C20H36O4. The fraction of sp³-hybridized carbons (Fsp3) is 0.750. The van der Waals surface area contributed by atoms with Crippen LogP contribution in [0.15, 0.2) is 23.3 Å². The SMILES string of the molecule is CC(C)=CCCC(C)(O)CC(=O)C(O)CC(C)(O)CCC=C(C)C. The number of rotatable bonds is 11. The summed E-state index contributed by atoms with van der Waals surface area (Å²) in [5.74, 6) is -0.417. The van der Waals surface area contributed by atoms with Gasteiger partial charge in [-0.05, 0) is 67.2 Å². The Morgan fingerprint density at radius 2 is 1.33 bits per heavy atom. The third-order valence-electron chi connectivity index (χ3n) is 4.03. The Balaban J connectivity index is 4.48. The van der Waals surface area contributed by atoms with Gasteiger partial charge in [0.15, 0.2) is 5.78 Å². The quantitative estimate of drug-likeness (QED) is 0.501. The van der Waals surface area contributed by atoms with Gasteiger partial charge in [-0.3, -0.25) is 4.79 Å². The van der Waals surface area contributed by atoms with Gasteiger partial charge in [0.2, 0.25) is 0 Å². The van der Waals surface area contributed by atoms with Crippen LogP contribution in [0.5, 0.6) is 0 Å². The van der Waals surface area contributed by atoms with E-state index < -0.39 is 23.1 Å². The first kappa shape index (κ1) is 23.0. The van der Waals surface area contributed by atoms with Crippen LogP contribution in [0.3, 0.4) is 0 Å². The highest BCUT2D eigenvalue weighted by Crippen LogP contribution is 2.24. The van der Waals surface area contributed by atoms with E-state index in [0.29, 0.717) is 25.7 Å². The molecule has 0 heterocycles. The van der Waals surface area contributed by atoms with Crippen molar-refractivity contribution in [1.29, 1.82) is 0 Å². The van der Waals surface area contributed by atoms with E-state index in [-0.39, 0.29) is 12.8 Å². The third kappa shape index (κ3) is 11.5. The molecule has 3 unspecified atom stereocenters. The average molecular weight is 341 g/mol. The molecule has 3 atom stereocenters.